The normalized spacial score (nSPS) is 13.5. The topological polar surface area (TPSA) is 97.1 Å². The van der Waals surface area contributed by atoms with E-state index in [0.29, 0.717) is 17.0 Å². The summed E-state index contributed by atoms with van der Waals surface area (Å²) in [5, 5.41) is 13.7. The molecule has 2 N–H and O–H groups in total. The smallest absolute Gasteiger partial charge is 0.277 e. The summed E-state index contributed by atoms with van der Waals surface area (Å²) in [6.07, 6.45) is 3.00. The molecule has 0 saturated heterocycles. The fourth-order valence-corrected chi connectivity index (χ4v) is 2.88. The quantitative estimate of drug-likeness (QED) is 0.702. The molecule has 0 aliphatic heterocycles. The molecule has 132 valence electrons. The average molecular weight is 360 g/mol. The third-order valence-electron chi connectivity index (χ3n) is 3.79. The van der Waals surface area contributed by atoms with Crippen molar-refractivity contribution in [2.24, 2.45) is 0 Å². The highest BCUT2D eigenvalue weighted by Crippen LogP contribution is 2.39. The lowest BCUT2D eigenvalue weighted by molar-refractivity contribution is -0.122. The summed E-state index contributed by atoms with van der Waals surface area (Å²) in [6, 6.07) is 7.61. The monoisotopic (exact) mass is 360 g/mol. The standard InChI is InChI=1S/C17H20N4O3S/c1-2-11-5-3-4-6-13(11)19-14(22)9-18-15(23)10-25-17-21-20-16(24-17)12-7-8-12/h3-6,12H,2,7-10H2,1H3,(H,18,23)(H,19,22). The van der Waals surface area contributed by atoms with Crippen LogP contribution in [0.2, 0.25) is 0 Å². The summed E-state index contributed by atoms with van der Waals surface area (Å²) in [6.45, 7) is 1.95. The lowest BCUT2D eigenvalue weighted by Crippen LogP contribution is -2.34. The minimum absolute atomic E-state index is 0.0748. The number of nitrogens with one attached hydrogen (secondary N) is 2. The van der Waals surface area contributed by atoms with Gasteiger partial charge in [-0.1, -0.05) is 36.9 Å². The molecule has 3 rings (SSSR count). The van der Waals surface area contributed by atoms with Crippen LogP contribution in [0.15, 0.2) is 33.9 Å². The summed E-state index contributed by atoms with van der Waals surface area (Å²) < 4.78 is 5.47. The number of hydrogen-bond donors (Lipinski definition) is 2. The van der Waals surface area contributed by atoms with Crippen LogP contribution in [-0.2, 0) is 16.0 Å². The van der Waals surface area contributed by atoms with Crippen molar-refractivity contribution >= 4 is 29.3 Å². The van der Waals surface area contributed by atoms with E-state index in [1.165, 1.54) is 11.8 Å². The highest BCUT2D eigenvalue weighted by atomic mass is 32.2. The van der Waals surface area contributed by atoms with Crippen LogP contribution >= 0.6 is 11.8 Å². The van der Waals surface area contributed by atoms with E-state index in [-0.39, 0.29) is 24.1 Å². The van der Waals surface area contributed by atoms with Gasteiger partial charge in [0.1, 0.15) is 0 Å². The van der Waals surface area contributed by atoms with Crippen molar-refractivity contribution < 1.29 is 14.0 Å². The number of rotatable bonds is 8. The van der Waals surface area contributed by atoms with Gasteiger partial charge in [0.05, 0.1) is 12.3 Å². The van der Waals surface area contributed by atoms with Crippen LogP contribution in [0.25, 0.3) is 0 Å². The molecule has 1 aromatic carbocycles. The van der Waals surface area contributed by atoms with Crippen molar-refractivity contribution in [3.8, 4) is 0 Å². The largest absolute Gasteiger partial charge is 0.416 e. The van der Waals surface area contributed by atoms with E-state index in [0.717, 1.165) is 30.5 Å². The van der Waals surface area contributed by atoms with Crippen LogP contribution in [0.1, 0.15) is 37.1 Å². The molecule has 2 amide bonds. The summed E-state index contributed by atoms with van der Waals surface area (Å²) in [5.74, 6) is 0.663. The second-order valence-corrected chi connectivity index (χ2v) is 6.73. The van der Waals surface area contributed by atoms with Gasteiger partial charge in [0, 0.05) is 11.6 Å². The van der Waals surface area contributed by atoms with Crippen LogP contribution in [0.5, 0.6) is 0 Å². The Morgan fingerprint density at radius 1 is 1.24 bits per heavy atom. The zero-order chi connectivity index (χ0) is 17.6. The Morgan fingerprint density at radius 3 is 2.80 bits per heavy atom. The Morgan fingerprint density at radius 2 is 2.04 bits per heavy atom. The molecule has 1 saturated carbocycles. The van der Waals surface area contributed by atoms with Crippen LogP contribution in [-0.4, -0.2) is 34.3 Å². The zero-order valence-electron chi connectivity index (χ0n) is 13.9. The maximum atomic E-state index is 12.0. The molecule has 1 heterocycles. The summed E-state index contributed by atoms with van der Waals surface area (Å²) in [7, 11) is 0. The SMILES string of the molecule is CCc1ccccc1NC(=O)CNC(=O)CSc1nnc(C2CC2)o1. The van der Waals surface area contributed by atoms with Gasteiger partial charge < -0.3 is 15.1 Å². The number of hydrogen-bond acceptors (Lipinski definition) is 6. The van der Waals surface area contributed by atoms with Gasteiger partial charge in [0.2, 0.25) is 17.7 Å². The van der Waals surface area contributed by atoms with Crippen molar-refractivity contribution in [3.63, 3.8) is 0 Å². The van der Waals surface area contributed by atoms with Crippen LogP contribution < -0.4 is 10.6 Å². The molecule has 1 aliphatic carbocycles. The first-order chi connectivity index (χ1) is 12.2. The molecule has 1 fully saturated rings. The van der Waals surface area contributed by atoms with Crippen molar-refractivity contribution in [2.75, 3.05) is 17.6 Å². The second kappa shape index (κ2) is 8.15. The van der Waals surface area contributed by atoms with E-state index in [2.05, 4.69) is 20.8 Å². The van der Waals surface area contributed by atoms with Gasteiger partial charge in [-0.2, -0.15) is 0 Å². The Bertz CT molecular complexity index is 758. The van der Waals surface area contributed by atoms with Gasteiger partial charge in [0.15, 0.2) is 0 Å². The molecule has 8 heteroatoms. The van der Waals surface area contributed by atoms with E-state index < -0.39 is 0 Å². The number of benzene rings is 1. The number of amides is 2. The number of thioether (sulfide) groups is 1. The zero-order valence-corrected chi connectivity index (χ0v) is 14.8. The molecule has 25 heavy (non-hydrogen) atoms. The van der Waals surface area contributed by atoms with E-state index in [4.69, 9.17) is 4.42 Å². The first-order valence-corrected chi connectivity index (χ1v) is 9.25. The number of carbonyl (C=O) groups is 2. The van der Waals surface area contributed by atoms with Gasteiger partial charge in [-0.05, 0) is 30.9 Å². The van der Waals surface area contributed by atoms with Gasteiger partial charge in [-0.15, -0.1) is 10.2 Å². The van der Waals surface area contributed by atoms with Crippen molar-refractivity contribution in [3.05, 3.63) is 35.7 Å². The van der Waals surface area contributed by atoms with Gasteiger partial charge in [0.25, 0.3) is 5.22 Å². The molecular weight excluding hydrogens is 340 g/mol. The lowest BCUT2D eigenvalue weighted by atomic mass is 10.1. The Hall–Kier alpha value is -2.35. The minimum atomic E-state index is -0.256. The number of aromatic nitrogens is 2. The number of anilines is 1. The van der Waals surface area contributed by atoms with Crippen LogP contribution in [0.3, 0.4) is 0 Å². The third-order valence-corrected chi connectivity index (χ3v) is 4.61. The molecule has 0 atom stereocenters. The fourth-order valence-electron chi connectivity index (χ4n) is 2.28. The third kappa shape index (κ3) is 5.06. The predicted octanol–water partition coefficient (Wildman–Crippen LogP) is 2.36. The maximum Gasteiger partial charge on any atom is 0.277 e. The van der Waals surface area contributed by atoms with Crippen molar-refractivity contribution in [2.45, 2.75) is 37.3 Å². The van der Waals surface area contributed by atoms with E-state index in [1.54, 1.807) is 0 Å². The minimum Gasteiger partial charge on any atom is -0.416 e. The fraction of sp³-hybridized carbons (Fsp3) is 0.412. The van der Waals surface area contributed by atoms with Crippen LogP contribution in [0.4, 0.5) is 5.69 Å². The van der Waals surface area contributed by atoms with E-state index in [9.17, 15) is 9.59 Å². The van der Waals surface area contributed by atoms with Crippen molar-refractivity contribution in [1.82, 2.24) is 15.5 Å². The number of aryl methyl sites for hydroxylation is 1. The molecule has 1 aliphatic rings. The van der Waals surface area contributed by atoms with Gasteiger partial charge in [-0.3, -0.25) is 9.59 Å². The second-order valence-electron chi connectivity index (χ2n) is 5.80. The number of para-hydroxylation sites is 1. The summed E-state index contributed by atoms with van der Waals surface area (Å²) in [5.41, 5.74) is 1.83. The lowest BCUT2D eigenvalue weighted by Gasteiger charge is -2.10. The molecule has 0 unspecified atom stereocenters. The summed E-state index contributed by atoms with van der Waals surface area (Å²) >= 11 is 1.17. The van der Waals surface area contributed by atoms with Gasteiger partial charge in [-0.25, -0.2) is 0 Å². The highest BCUT2D eigenvalue weighted by molar-refractivity contribution is 7.99. The number of carbonyl (C=O) groups excluding carboxylic acids is 2. The first kappa shape index (κ1) is 17.5. The molecule has 1 aromatic heterocycles. The van der Waals surface area contributed by atoms with Crippen molar-refractivity contribution in [1.29, 1.82) is 0 Å². The number of nitrogens with zero attached hydrogens (tertiary/aromatic N) is 2. The molecular formula is C17H20N4O3S. The van der Waals surface area contributed by atoms with Crippen LogP contribution in [0, 0.1) is 0 Å². The molecule has 0 bridgehead atoms. The predicted molar refractivity (Wildman–Crippen MR) is 94.5 cm³/mol. The van der Waals surface area contributed by atoms with E-state index >= 15 is 0 Å². The van der Waals surface area contributed by atoms with E-state index in [1.807, 2.05) is 31.2 Å². The Labute approximate surface area is 150 Å². The Kier molecular flexibility index (Phi) is 5.70. The molecule has 0 radical (unpaired) electrons. The summed E-state index contributed by atoms with van der Waals surface area (Å²) in [4.78, 5) is 23.8. The molecule has 2 aromatic rings. The molecule has 7 nitrogen and oxygen atoms in total. The average Bonchev–Trinajstić information content (AvgIpc) is 3.37. The molecule has 0 spiro atoms. The first-order valence-electron chi connectivity index (χ1n) is 8.26. The Balaban J connectivity index is 1.39. The maximum absolute atomic E-state index is 12.0. The highest BCUT2D eigenvalue weighted by Gasteiger charge is 2.29. The van der Waals surface area contributed by atoms with Gasteiger partial charge >= 0.3 is 0 Å².